The highest BCUT2D eigenvalue weighted by Gasteiger charge is 2.37. The van der Waals surface area contributed by atoms with Crippen LogP contribution in [-0.4, -0.2) is 61.9 Å². The summed E-state index contributed by atoms with van der Waals surface area (Å²) in [5.41, 5.74) is 2.35. The van der Waals surface area contributed by atoms with Gasteiger partial charge in [0, 0.05) is 44.9 Å². The quantitative estimate of drug-likeness (QED) is 0.523. The van der Waals surface area contributed by atoms with Gasteiger partial charge in [-0.1, -0.05) is 60.7 Å². The van der Waals surface area contributed by atoms with Crippen molar-refractivity contribution in [2.45, 2.75) is 18.6 Å². The predicted molar refractivity (Wildman–Crippen MR) is 121 cm³/mol. The summed E-state index contributed by atoms with van der Waals surface area (Å²) in [5.74, 6) is 1.41. The van der Waals surface area contributed by atoms with Gasteiger partial charge in [0.05, 0.1) is 11.3 Å². The molecule has 2 aromatic heterocycles. The number of likely N-dealkylation sites (N-methyl/N-ethyl adjacent to an activating group) is 1. The fourth-order valence-electron chi connectivity index (χ4n) is 4.39. The Hall–Kier alpha value is -3.29. The highest BCUT2D eigenvalue weighted by atomic mass is 16.3. The molecule has 0 spiro atoms. The summed E-state index contributed by atoms with van der Waals surface area (Å²) in [4.78, 5) is 13.3. The molecule has 0 bridgehead atoms. The summed E-state index contributed by atoms with van der Waals surface area (Å²) in [6.45, 7) is 2.88. The minimum atomic E-state index is -0.785. The van der Waals surface area contributed by atoms with Crippen LogP contribution in [0.5, 0.6) is 0 Å². The molecule has 0 aliphatic carbocycles. The van der Waals surface area contributed by atoms with Crippen LogP contribution in [0.4, 0.5) is 5.82 Å². The van der Waals surface area contributed by atoms with Crippen LogP contribution in [0, 0.1) is 0 Å². The van der Waals surface area contributed by atoms with E-state index in [0.717, 1.165) is 36.6 Å². The van der Waals surface area contributed by atoms with E-state index < -0.39 is 5.60 Å². The normalized spacial score (nSPS) is 19.2. The zero-order valence-electron chi connectivity index (χ0n) is 17.6. The van der Waals surface area contributed by atoms with Crippen LogP contribution < -0.4 is 4.90 Å². The highest BCUT2D eigenvalue weighted by Crippen LogP contribution is 2.28. The van der Waals surface area contributed by atoms with Gasteiger partial charge in [-0.2, -0.15) is 14.6 Å². The second kappa shape index (κ2) is 8.09. The van der Waals surface area contributed by atoms with Gasteiger partial charge in [-0.25, -0.2) is 4.98 Å². The fraction of sp³-hybridized carbons (Fsp3) is 0.292. The maximum atomic E-state index is 11.3. The van der Waals surface area contributed by atoms with Crippen LogP contribution in [0.3, 0.4) is 0 Å². The first-order chi connectivity index (χ1) is 15.1. The first-order valence-electron chi connectivity index (χ1n) is 10.6. The highest BCUT2D eigenvalue weighted by molar-refractivity contribution is 5.65. The molecule has 1 atom stereocenters. The van der Waals surface area contributed by atoms with Crippen molar-refractivity contribution >= 4 is 11.6 Å². The topological polar surface area (TPSA) is 69.8 Å². The van der Waals surface area contributed by atoms with Crippen molar-refractivity contribution in [1.29, 1.82) is 0 Å². The molecule has 31 heavy (non-hydrogen) atoms. The molecule has 2 aromatic carbocycles. The van der Waals surface area contributed by atoms with Crippen LogP contribution >= 0.6 is 0 Å². The molecule has 0 amide bonds. The van der Waals surface area contributed by atoms with Crippen LogP contribution in [0.1, 0.15) is 12.0 Å². The number of aliphatic hydroxyl groups is 1. The smallest absolute Gasteiger partial charge is 0.254 e. The summed E-state index contributed by atoms with van der Waals surface area (Å²) in [7, 11) is 1.99. The predicted octanol–water partition coefficient (Wildman–Crippen LogP) is 2.86. The lowest BCUT2D eigenvalue weighted by Crippen LogP contribution is -2.44. The molecule has 7 heteroatoms. The molecule has 1 aliphatic heterocycles. The Bertz CT molecular complexity index is 1160. The van der Waals surface area contributed by atoms with Crippen molar-refractivity contribution in [2.75, 3.05) is 31.6 Å². The maximum Gasteiger partial charge on any atom is 0.254 e. The maximum absolute atomic E-state index is 11.3. The van der Waals surface area contributed by atoms with E-state index in [2.05, 4.69) is 49.1 Å². The lowest BCUT2D eigenvalue weighted by Gasteiger charge is -2.30. The van der Waals surface area contributed by atoms with Gasteiger partial charge in [-0.3, -0.25) is 4.90 Å². The summed E-state index contributed by atoms with van der Waals surface area (Å²) in [5, 5.41) is 15.7. The van der Waals surface area contributed by atoms with Crippen molar-refractivity contribution in [1.82, 2.24) is 24.5 Å². The lowest BCUT2D eigenvalue weighted by atomic mass is 10.0. The molecule has 7 nitrogen and oxygen atoms in total. The molecule has 0 saturated carbocycles. The number of fused-ring (bicyclic) bond motifs is 1. The summed E-state index contributed by atoms with van der Waals surface area (Å²) in [6.07, 6.45) is 2.25. The van der Waals surface area contributed by atoms with E-state index in [4.69, 9.17) is 0 Å². The molecule has 4 aromatic rings. The van der Waals surface area contributed by atoms with Gasteiger partial charge in [-0.15, -0.1) is 0 Å². The molecule has 158 valence electrons. The summed E-state index contributed by atoms with van der Waals surface area (Å²) in [6, 6.07) is 22.5. The number of nitrogens with zero attached hydrogens (tertiary/aromatic N) is 6. The third kappa shape index (κ3) is 4.15. The number of anilines is 1. The molecule has 1 aliphatic rings. The molecular formula is C24H26N6O. The standard InChI is InChI=1S/C24H26N6O/c1-28(16-24(31)12-13-29(17-24)15-19-8-4-2-5-9-19)22-14-21(20-10-6-3-7-11-20)27-23-25-18-26-30(22)23/h2-11,14,18,31H,12-13,15-17H2,1H3. The average molecular weight is 415 g/mol. The summed E-state index contributed by atoms with van der Waals surface area (Å²) < 4.78 is 1.73. The van der Waals surface area contributed by atoms with E-state index in [0.29, 0.717) is 18.9 Å². The second-order valence-electron chi connectivity index (χ2n) is 8.36. The van der Waals surface area contributed by atoms with Gasteiger partial charge in [-0.05, 0) is 12.0 Å². The van der Waals surface area contributed by atoms with Crippen molar-refractivity contribution in [3.05, 3.63) is 78.6 Å². The Morgan fingerprint density at radius 2 is 1.81 bits per heavy atom. The number of rotatable bonds is 6. The SMILES string of the molecule is CN(CC1(O)CCN(Cc2ccccc2)C1)c1cc(-c2ccccc2)nc2ncnn12. The molecule has 0 radical (unpaired) electrons. The van der Waals surface area contributed by atoms with Gasteiger partial charge < -0.3 is 10.0 Å². The van der Waals surface area contributed by atoms with Crippen LogP contribution in [0.25, 0.3) is 17.0 Å². The van der Waals surface area contributed by atoms with Gasteiger partial charge >= 0.3 is 0 Å². The third-order valence-electron chi connectivity index (χ3n) is 5.89. The van der Waals surface area contributed by atoms with Gasteiger partial charge in [0.15, 0.2) is 0 Å². The Morgan fingerprint density at radius 3 is 2.58 bits per heavy atom. The molecule has 1 fully saturated rings. The van der Waals surface area contributed by atoms with E-state index >= 15 is 0 Å². The number of hydrogen-bond acceptors (Lipinski definition) is 6. The number of aromatic nitrogens is 4. The third-order valence-corrected chi connectivity index (χ3v) is 5.89. The molecule has 5 rings (SSSR count). The van der Waals surface area contributed by atoms with Crippen molar-refractivity contribution in [3.8, 4) is 11.3 Å². The van der Waals surface area contributed by atoms with E-state index in [1.165, 1.54) is 11.9 Å². The molecule has 1 N–H and O–H groups in total. The van der Waals surface area contributed by atoms with Crippen LogP contribution in [0.2, 0.25) is 0 Å². The van der Waals surface area contributed by atoms with Crippen molar-refractivity contribution < 1.29 is 5.11 Å². The molecule has 3 heterocycles. The monoisotopic (exact) mass is 414 g/mol. The number of hydrogen-bond donors (Lipinski definition) is 1. The van der Waals surface area contributed by atoms with Gasteiger partial charge in [0.1, 0.15) is 12.1 Å². The Morgan fingerprint density at radius 1 is 1.06 bits per heavy atom. The van der Waals surface area contributed by atoms with E-state index in [9.17, 15) is 5.11 Å². The second-order valence-corrected chi connectivity index (χ2v) is 8.36. The van der Waals surface area contributed by atoms with E-state index in [-0.39, 0.29) is 0 Å². The lowest BCUT2D eigenvalue weighted by molar-refractivity contribution is 0.0560. The first kappa shape index (κ1) is 19.7. The Kier molecular flexibility index (Phi) is 5.13. The van der Waals surface area contributed by atoms with Gasteiger partial charge in [0.2, 0.25) is 0 Å². The Labute approximate surface area is 181 Å². The van der Waals surface area contributed by atoms with Gasteiger partial charge in [0.25, 0.3) is 5.78 Å². The summed E-state index contributed by atoms with van der Waals surface area (Å²) >= 11 is 0. The number of β-amino-alcohol motifs (C(OH)–C–C–N with tert-alkyl or cyclic N) is 1. The van der Waals surface area contributed by atoms with Crippen molar-refractivity contribution in [2.24, 2.45) is 0 Å². The first-order valence-corrected chi connectivity index (χ1v) is 10.6. The van der Waals surface area contributed by atoms with Crippen LogP contribution in [0.15, 0.2) is 73.1 Å². The zero-order chi connectivity index (χ0) is 21.3. The Balaban J connectivity index is 1.36. The largest absolute Gasteiger partial charge is 0.387 e. The minimum absolute atomic E-state index is 0.505. The van der Waals surface area contributed by atoms with Crippen LogP contribution in [-0.2, 0) is 6.54 Å². The molecule has 1 saturated heterocycles. The molecular weight excluding hydrogens is 388 g/mol. The zero-order valence-corrected chi connectivity index (χ0v) is 17.6. The number of likely N-dealkylation sites (tertiary alicyclic amines) is 1. The average Bonchev–Trinajstić information content (AvgIpc) is 3.41. The fourth-order valence-corrected chi connectivity index (χ4v) is 4.39. The minimum Gasteiger partial charge on any atom is -0.387 e. The van der Waals surface area contributed by atoms with E-state index in [1.54, 1.807) is 4.52 Å². The number of benzene rings is 2. The van der Waals surface area contributed by atoms with E-state index in [1.807, 2.05) is 49.5 Å². The van der Waals surface area contributed by atoms with Crippen molar-refractivity contribution in [3.63, 3.8) is 0 Å². The molecule has 1 unspecified atom stereocenters.